The molecule has 0 saturated carbocycles. The van der Waals surface area contributed by atoms with Gasteiger partial charge in [0.1, 0.15) is 6.10 Å². The van der Waals surface area contributed by atoms with E-state index in [1.54, 1.807) is 0 Å². The molecule has 7 heteroatoms. The molecule has 0 saturated heterocycles. The molecular formula is C32H66NO5P. The summed E-state index contributed by atoms with van der Waals surface area (Å²) in [6.07, 6.45) is 24.3. The topological polar surface area (TPSA) is 67.8 Å². The SMILES string of the molecule is CCCCCCCCCCCC/C=C\CCCCCOC[C@H](COP(=O)([O-])C(CC)[N+](C)(C)C)OC(C)(C)C. The standard InChI is InChI=1S/C32H66NO5P/c1-9-11-12-13-14-15-16-17-18-19-20-21-22-23-24-25-26-27-36-28-30(38-32(3,4)5)29-37-39(34,35)31(10-2)33(6,7)8/h21-22,30-31H,9-20,23-29H2,1-8H3/b22-21-/t30-,31?/m1/s1. The van der Waals surface area contributed by atoms with Gasteiger partial charge in [0.25, 0.3) is 0 Å². The first-order valence-electron chi connectivity index (χ1n) is 16.0. The molecule has 0 rings (SSSR count). The van der Waals surface area contributed by atoms with Crippen LogP contribution in [-0.4, -0.2) is 62.9 Å². The second-order valence-electron chi connectivity index (χ2n) is 13.1. The molecule has 3 atom stereocenters. The smallest absolute Gasteiger partial charge is 0.193 e. The second-order valence-corrected chi connectivity index (χ2v) is 15.0. The largest absolute Gasteiger partial charge is 0.774 e. The van der Waals surface area contributed by atoms with E-state index in [1.807, 2.05) is 48.8 Å². The fourth-order valence-electron chi connectivity index (χ4n) is 4.93. The van der Waals surface area contributed by atoms with E-state index in [9.17, 15) is 9.46 Å². The predicted octanol–water partition coefficient (Wildman–Crippen LogP) is 8.63. The number of quaternary nitrogens is 1. The van der Waals surface area contributed by atoms with Crippen LogP contribution in [0.3, 0.4) is 0 Å². The molecule has 0 aromatic rings. The zero-order valence-corrected chi connectivity index (χ0v) is 28.1. The summed E-state index contributed by atoms with van der Waals surface area (Å²) in [4.78, 5) is 12.8. The lowest BCUT2D eigenvalue weighted by Gasteiger charge is -2.41. The first-order valence-corrected chi connectivity index (χ1v) is 17.6. The Morgan fingerprint density at radius 2 is 1.26 bits per heavy atom. The van der Waals surface area contributed by atoms with Crippen LogP contribution in [0.4, 0.5) is 0 Å². The number of rotatable bonds is 26. The summed E-state index contributed by atoms with van der Waals surface area (Å²) in [7, 11) is 1.59. The van der Waals surface area contributed by atoms with Crippen molar-refractivity contribution in [2.75, 3.05) is 41.0 Å². The van der Waals surface area contributed by atoms with Crippen molar-refractivity contribution in [3.63, 3.8) is 0 Å². The van der Waals surface area contributed by atoms with E-state index >= 15 is 0 Å². The van der Waals surface area contributed by atoms with E-state index in [4.69, 9.17) is 14.0 Å². The van der Waals surface area contributed by atoms with Crippen molar-refractivity contribution in [2.24, 2.45) is 0 Å². The van der Waals surface area contributed by atoms with Gasteiger partial charge in [-0.3, -0.25) is 0 Å². The third-order valence-corrected chi connectivity index (χ3v) is 9.24. The summed E-state index contributed by atoms with van der Waals surface area (Å²) in [6.45, 7) is 11.0. The maximum atomic E-state index is 12.8. The minimum atomic E-state index is -4.04. The molecule has 0 heterocycles. The van der Waals surface area contributed by atoms with Gasteiger partial charge in [0.15, 0.2) is 13.4 Å². The Morgan fingerprint density at radius 3 is 1.72 bits per heavy atom. The van der Waals surface area contributed by atoms with Gasteiger partial charge in [0.05, 0.1) is 40.0 Å². The van der Waals surface area contributed by atoms with E-state index in [1.165, 1.54) is 77.0 Å². The van der Waals surface area contributed by atoms with Crippen molar-refractivity contribution >= 4 is 7.60 Å². The number of ether oxygens (including phenoxy) is 2. The minimum absolute atomic E-state index is 0.0155. The molecule has 0 aromatic heterocycles. The number of unbranched alkanes of at least 4 members (excludes halogenated alkanes) is 13. The molecule has 6 nitrogen and oxygen atoms in total. The third-order valence-electron chi connectivity index (χ3n) is 6.94. The van der Waals surface area contributed by atoms with Crippen LogP contribution in [0.2, 0.25) is 0 Å². The molecule has 0 N–H and O–H groups in total. The minimum Gasteiger partial charge on any atom is -0.774 e. The molecule has 0 amide bonds. The summed E-state index contributed by atoms with van der Waals surface area (Å²) >= 11 is 0. The van der Waals surface area contributed by atoms with Crippen molar-refractivity contribution in [3.05, 3.63) is 12.2 Å². The second kappa shape index (κ2) is 22.4. The third kappa shape index (κ3) is 23.1. The maximum Gasteiger partial charge on any atom is 0.193 e. The molecule has 234 valence electrons. The normalized spacial score (nSPS) is 16.0. The van der Waals surface area contributed by atoms with Crippen LogP contribution >= 0.6 is 7.60 Å². The molecule has 0 spiro atoms. The zero-order valence-electron chi connectivity index (χ0n) is 27.2. The Kier molecular flexibility index (Phi) is 22.2. The predicted molar refractivity (Wildman–Crippen MR) is 165 cm³/mol. The summed E-state index contributed by atoms with van der Waals surface area (Å²) in [5.41, 5.74) is -0.408. The Morgan fingerprint density at radius 1 is 0.769 bits per heavy atom. The summed E-state index contributed by atoms with van der Waals surface area (Å²) < 4.78 is 30.5. The molecule has 0 aliphatic rings. The number of nitrogens with zero attached hydrogens (tertiary/aromatic N) is 1. The van der Waals surface area contributed by atoms with Gasteiger partial charge in [-0.2, -0.15) is 0 Å². The zero-order chi connectivity index (χ0) is 29.6. The van der Waals surface area contributed by atoms with E-state index < -0.39 is 25.1 Å². The first kappa shape index (κ1) is 38.8. The lowest BCUT2D eigenvalue weighted by molar-refractivity contribution is -0.884. The lowest BCUT2D eigenvalue weighted by atomic mass is 10.1. The highest BCUT2D eigenvalue weighted by Gasteiger charge is 2.34. The first-order chi connectivity index (χ1) is 18.3. The Bertz CT molecular complexity index is 641. The summed E-state index contributed by atoms with van der Waals surface area (Å²) in [6, 6.07) is 0. The summed E-state index contributed by atoms with van der Waals surface area (Å²) in [5, 5.41) is 0. The average molecular weight is 576 g/mol. The highest BCUT2D eigenvalue weighted by atomic mass is 31.2. The monoisotopic (exact) mass is 575 g/mol. The van der Waals surface area contributed by atoms with Crippen molar-refractivity contribution in [3.8, 4) is 0 Å². The van der Waals surface area contributed by atoms with Gasteiger partial charge in [0.2, 0.25) is 0 Å². The van der Waals surface area contributed by atoms with Gasteiger partial charge in [-0.25, -0.2) is 0 Å². The van der Waals surface area contributed by atoms with Crippen molar-refractivity contribution < 1.29 is 27.9 Å². The molecule has 0 aliphatic carbocycles. The maximum absolute atomic E-state index is 12.8. The quantitative estimate of drug-likeness (QED) is 0.0447. The van der Waals surface area contributed by atoms with Gasteiger partial charge in [-0.15, -0.1) is 0 Å². The number of allylic oxidation sites excluding steroid dienone is 2. The molecule has 39 heavy (non-hydrogen) atoms. The molecule has 2 unspecified atom stereocenters. The van der Waals surface area contributed by atoms with Crippen LogP contribution in [0, 0.1) is 0 Å². The molecule has 0 fully saturated rings. The van der Waals surface area contributed by atoms with E-state index in [2.05, 4.69) is 19.1 Å². The van der Waals surface area contributed by atoms with Crippen molar-refractivity contribution in [2.45, 2.75) is 155 Å². The highest BCUT2D eigenvalue weighted by molar-refractivity contribution is 7.51. The van der Waals surface area contributed by atoms with Gasteiger partial charge in [0, 0.05) is 13.0 Å². The molecule has 0 bridgehead atoms. The molecule has 0 aliphatic heterocycles. The molecule has 0 aromatic carbocycles. The lowest BCUT2D eigenvalue weighted by Crippen LogP contribution is -2.47. The average Bonchev–Trinajstić information content (AvgIpc) is 2.82. The summed E-state index contributed by atoms with van der Waals surface area (Å²) in [5.74, 6) is -0.586. The van der Waals surface area contributed by atoms with Crippen LogP contribution in [0.25, 0.3) is 0 Å². The van der Waals surface area contributed by atoms with E-state index in [0.29, 0.717) is 24.1 Å². The number of hydrogen-bond donors (Lipinski definition) is 0. The van der Waals surface area contributed by atoms with Crippen LogP contribution in [0.1, 0.15) is 137 Å². The van der Waals surface area contributed by atoms with Crippen LogP contribution in [0.15, 0.2) is 12.2 Å². The van der Waals surface area contributed by atoms with Gasteiger partial charge >= 0.3 is 0 Å². The molecular weight excluding hydrogens is 509 g/mol. The molecule has 0 radical (unpaired) electrons. The fraction of sp³-hybridized carbons (Fsp3) is 0.938. The van der Waals surface area contributed by atoms with Crippen LogP contribution < -0.4 is 4.89 Å². The fourth-order valence-corrected chi connectivity index (χ4v) is 6.77. The number of hydrogen-bond acceptors (Lipinski definition) is 5. The van der Waals surface area contributed by atoms with Gasteiger partial charge in [-0.1, -0.05) is 90.2 Å². The van der Waals surface area contributed by atoms with Crippen molar-refractivity contribution in [1.29, 1.82) is 0 Å². The van der Waals surface area contributed by atoms with E-state index in [-0.39, 0.29) is 6.61 Å². The van der Waals surface area contributed by atoms with Gasteiger partial charge in [-0.05, 0) is 52.9 Å². The Balaban J connectivity index is 4.00. The Hall–Kier alpha value is -0.230. The van der Waals surface area contributed by atoms with Crippen LogP contribution in [0.5, 0.6) is 0 Å². The highest BCUT2D eigenvalue weighted by Crippen LogP contribution is 2.47. The Labute approximate surface area is 243 Å². The van der Waals surface area contributed by atoms with Crippen LogP contribution in [-0.2, 0) is 18.6 Å². The van der Waals surface area contributed by atoms with E-state index in [0.717, 1.165) is 19.3 Å². The van der Waals surface area contributed by atoms with Crippen molar-refractivity contribution in [1.82, 2.24) is 0 Å². The van der Waals surface area contributed by atoms with Gasteiger partial charge < -0.3 is 27.9 Å².